The Morgan fingerprint density at radius 1 is 1.03 bits per heavy atom. The van der Waals surface area contributed by atoms with E-state index in [1.807, 2.05) is 36.4 Å². The lowest BCUT2D eigenvalue weighted by atomic mass is 10.1. The minimum absolute atomic E-state index is 0.122. The quantitative estimate of drug-likeness (QED) is 0.270. The Balaban J connectivity index is 1.70. The lowest BCUT2D eigenvalue weighted by molar-refractivity contribution is -0.114. The van der Waals surface area contributed by atoms with Gasteiger partial charge in [0.2, 0.25) is 5.91 Å². The van der Waals surface area contributed by atoms with Gasteiger partial charge in [-0.05, 0) is 48.2 Å². The highest BCUT2D eigenvalue weighted by atomic mass is 32.1. The summed E-state index contributed by atoms with van der Waals surface area (Å²) in [5, 5.41) is 16.0. The van der Waals surface area contributed by atoms with Crippen molar-refractivity contribution in [3.05, 3.63) is 70.5 Å². The molecule has 0 spiro atoms. The summed E-state index contributed by atoms with van der Waals surface area (Å²) in [6.45, 7) is 1.78. The molecule has 160 valence electrons. The number of guanidine groups is 1. The monoisotopic (exact) mass is 437 g/mol. The van der Waals surface area contributed by atoms with Crippen LogP contribution in [-0.4, -0.2) is 27.7 Å². The van der Waals surface area contributed by atoms with Crippen LogP contribution < -0.4 is 21.7 Å². The number of aromatic nitrogens is 2. The normalized spacial score (nSPS) is 10.4. The third kappa shape index (κ3) is 6.61. The van der Waals surface area contributed by atoms with Gasteiger partial charge in [0.15, 0.2) is 11.1 Å². The zero-order valence-corrected chi connectivity index (χ0v) is 17.8. The molecule has 9 nitrogen and oxygen atoms in total. The number of benzene rings is 1. The summed E-state index contributed by atoms with van der Waals surface area (Å²) in [4.78, 5) is 33.1. The summed E-state index contributed by atoms with van der Waals surface area (Å²) in [5.74, 6) is -0.595. The number of nitrogens with two attached hydrogens (primary N) is 1. The first-order valence-corrected chi connectivity index (χ1v) is 10.4. The minimum Gasteiger partial charge on any atom is -0.370 e. The number of nitrogens with one attached hydrogen (secondary N) is 4. The van der Waals surface area contributed by atoms with Gasteiger partial charge in [-0.15, -0.1) is 0 Å². The van der Waals surface area contributed by atoms with Crippen LogP contribution >= 0.6 is 11.3 Å². The summed E-state index contributed by atoms with van der Waals surface area (Å²) in [6, 6.07) is 11.2. The van der Waals surface area contributed by atoms with Crippen LogP contribution in [0.4, 0.5) is 10.8 Å². The topological polar surface area (TPSA) is 146 Å². The highest BCUT2D eigenvalue weighted by Gasteiger charge is 2.18. The summed E-state index contributed by atoms with van der Waals surface area (Å²) in [7, 11) is 0. The predicted molar refractivity (Wildman–Crippen MR) is 121 cm³/mol. The van der Waals surface area contributed by atoms with Gasteiger partial charge in [0, 0.05) is 31.5 Å². The van der Waals surface area contributed by atoms with Gasteiger partial charge in [-0.1, -0.05) is 23.5 Å². The van der Waals surface area contributed by atoms with Crippen LogP contribution in [0.25, 0.3) is 0 Å². The van der Waals surface area contributed by atoms with E-state index < -0.39 is 0 Å². The van der Waals surface area contributed by atoms with Crippen molar-refractivity contribution in [1.29, 1.82) is 5.41 Å². The van der Waals surface area contributed by atoms with Crippen molar-refractivity contribution >= 4 is 39.9 Å². The molecule has 6 N–H and O–H groups in total. The second-order valence-electron chi connectivity index (χ2n) is 6.75. The summed E-state index contributed by atoms with van der Waals surface area (Å²) < 4.78 is 0. The van der Waals surface area contributed by atoms with Crippen LogP contribution in [0.5, 0.6) is 0 Å². The van der Waals surface area contributed by atoms with Crippen molar-refractivity contribution < 1.29 is 9.59 Å². The van der Waals surface area contributed by atoms with Gasteiger partial charge < -0.3 is 21.7 Å². The van der Waals surface area contributed by atoms with Gasteiger partial charge in [-0.25, -0.2) is 4.98 Å². The Bertz CT molecular complexity index is 1070. The molecule has 1 aromatic carbocycles. The molecule has 2 heterocycles. The fraction of sp³-hybridized carbons (Fsp3) is 0.190. The Morgan fingerprint density at radius 2 is 1.74 bits per heavy atom. The third-order valence-corrected chi connectivity index (χ3v) is 5.28. The Hall–Kier alpha value is -3.79. The molecule has 0 bridgehead atoms. The number of aryl methyl sites for hydroxylation is 2. The van der Waals surface area contributed by atoms with E-state index >= 15 is 0 Å². The van der Waals surface area contributed by atoms with E-state index in [1.54, 1.807) is 12.4 Å². The van der Waals surface area contributed by atoms with Crippen molar-refractivity contribution in [3.63, 3.8) is 0 Å². The van der Waals surface area contributed by atoms with Crippen LogP contribution in [0.1, 0.15) is 33.4 Å². The molecule has 0 aliphatic heterocycles. The first-order valence-electron chi connectivity index (χ1n) is 9.55. The maximum absolute atomic E-state index is 12.8. The Kier molecular flexibility index (Phi) is 7.28. The number of nitrogens with zero attached hydrogens (tertiary/aromatic N) is 2. The molecule has 3 rings (SSSR count). The van der Waals surface area contributed by atoms with Crippen molar-refractivity contribution in [2.24, 2.45) is 5.73 Å². The van der Waals surface area contributed by atoms with E-state index in [-0.39, 0.29) is 17.8 Å². The van der Waals surface area contributed by atoms with E-state index in [4.69, 9.17) is 11.1 Å². The van der Waals surface area contributed by atoms with E-state index in [0.29, 0.717) is 35.1 Å². The number of carbonyl (C=O) groups is 2. The van der Waals surface area contributed by atoms with Crippen LogP contribution in [0, 0.1) is 5.41 Å². The highest BCUT2D eigenvalue weighted by molar-refractivity contribution is 7.17. The Labute approximate surface area is 183 Å². The maximum atomic E-state index is 12.8. The van der Waals surface area contributed by atoms with Crippen LogP contribution in [0.15, 0.2) is 48.8 Å². The fourth-order valence-electron chi connectivity index (χ4n) is 2.84. The molecular weight excluding hydrogens is 414 g/mol. The number of hydrogen-bond acceptors (Lipinski definition) is 6. The molecule has 0 atom stereocenters. The van der Waals surface area contributed by atoms with E-state index in [0.717, 1.165) is 28.2 Å². The second-order valence-corrected chi connectivity index (χ2v) is 7.75. The van der Waals surface area contributed by atoms with E-state index in [9.17, 15) is 9.59 Å². The van der Waals surface area contributed by atoms with Gasteiger partial charge in [0.1, 0.15) is 4.88 Å². The van der Waals surface area contributed by atoms with Gasteiger partial charge in [0.05, 0.1) is 5.69 Å². The molecular formula is C21H23N7O2S. The highest BCUT2D eigenvalue weighted by Crippen LogP contribution is 2.25. The average Bonchev–Trinajstić information content (AvgIpc) is 3.14. The number of pyridine rings is 1. The van der Waals surface area contributed by atoms with Gasteiger partial charge in [0.25, 0.3) is 5.91 Å². The average molecular weight is 438 g/mol. The maximum Gasteiger partial charge on any atom is 0.263 e. The van der Waals surface area contributed by atoms with Gasteiger partial charge in [-0.2, -0.15) is 0 Å². The fourth-order valence-corrected chi connectivity index (χ4v) is 3.81. The number of anilines is 2. The van der Waals surface area contributed by atoms with Crippen molar-refractivity contribution in [1.82, 2.24) is 15.3 Å². The standard InChI is InChI=1S/C21H23N7O2S/c1-13(29)26-21-28-17(7-4-14-2-5-16(6-3-14)27-20(22)23)18(31-21)19(30)25-12-15-8-10-24-11-9-15/h2-3,5-6,8-11H,4,7,12H2,1H3,(H,25,30)(H4,22,23,27)(H,26,28,29). The van der Waals surface area contributed by atoms with Crippen molar-refractivity contribution in [3.8, 4) is 0 Å². The minimum atomic E-state index is -0.238. The molecule has 10 heteroatoms. The van der Waals surface area contributed by atoms with E-state index in [1.165, 1.54) is 6.92 Å². The van der Waals surface area contributed by atoms with Gasteiger partial charge >= 0.3 is 0 Å². The molecule has 0 unspecified atom stereocenters. The zero-order valence-electron chi connectivity index (χ0n) is 16.9. The smallest absolute Gasteiger partial charge is 0.263 e. The number of amides is 2. The summed E-state index contributed by atoms with van der Waals surface area (Å²) in [5.41, 5.74) is 8.68. The summed E-state index contributed by atoms with van der Waals surface area (Å²) in [6.07, 6.45) is 4.54. The van der Waals surface area contributed by atoms with Gasteiger partial charge in [-0.3, -0.25) is 20.0 Å². The van der Waals surface area contributed by atoms with Crippen molar-refractivity contribution in [2.45, 2.75) is 26.3 Å². The van der Waals surface area contributed by atoms with Crippen LogP contribution in [0.3, 0.4) is 0 Å². The second kappa shape index (κ2) is 10.3. The molecule has 0 radical (unpaired) electrons. The zero-order chi connectivity index (χ0) is 22.2. The number of carbonyl (C=O) groups excluding carboxylic acids is 2. The molecule has 0 aliphatic rings. The molecule has 0 saturated heterocycles. The number of thiazole rings is 1. The molecule has 3 aromatic rings. The lowest BCUT2D eigenvalue weighted by Crippen LogP contribution is -2.23. The molecule has 2 aromatic heterocycles. The number of hydrogen-bond donors (Lipinski definition) is 5. The molecule has 2 amide bonds. The van der Waals surface area contributed by atoms with Crippen LogP contribution in [0.2, 0.25) is 0 Å². The first kappa shape index (κ1) is 21.9. The molecule has 0 aliphatic carbocycles. The lowest BCUT2D eigenvalue weighted by Gasteiger charge is -2.07. The SMILES string of the molecule is CC(=O)Nc1nc(CCc2ccc(NC(=N)N)cc2)c(C(=O)NCc2ccncc2)s1. The molecule has 31 heavy (non-hydrogen) atoms. The molecule has 0 saturated carbocycles. The van der Waals surface area contributed by atoms with Crippen LogP contribution in [-0.2, 0) is 24.2 Å². The molecule has 0 fully saturated rings. The third-order valence-electron chi connectivity index (χ3n) is 4.27. The van der Waals surface area contributed by atoms with E-state index in [2.05, 4.69) is 25.9 Å². The Morgan fingerprint density at radius 3 is 2.39 bits per heavy atom. The van der Waals surface area contributed by atoms with Crippen molar-refractivity contribution in [2.75, 3.05) is 10.6 Å². The number of rotatable bonds is 8. The predicted octanol–water partition coefficient (Wildman–Crippen LogP) is 2.52. The summed E-state index contributed by atoms with van der Waals surface area (Å²) >= 11 is 1.16. The first-order chi connectivity index (χ1) is 14.9. The largest absolute Gasteiger partial charge is 0.370 e.